The second kappa shape index (κ2) is 4.78. The molecule has 6 heteroatoms. The van der Waals surface area contributed by atoms with Gasteiger partial charge in [0.25, 0.3) is 5.69 Å². The number of nitrogens with one attached hydrogen (secondary N) is 1. The topological polar surface area (TPSA) is 55.2 Å². The lowest BCUT2D eigenvalue weighted by Gasteiger charge is -2.11. The molecule has 0 saturated heterocycles. The Morgan fingerprint density at radius 1 is 1.20 bits per heavy atom. The summed E-state index contributed by atoms with van der Waals surface area (Å²) in [5.74, 6) is 0.511. The van der Waals surface area contributed by atoms with E-state index in [-0.39, 0.29) is 26.6 Å². The molecule has 110 valence electrons. The van der Waals surface area contributed by atoms with Gasteiger partial charge < -0.3 is 5.32 Å². The summed E-state index contributed by atoms with van der Waals surface area (Å²) in [6.45, 7) is 9.69. The van der Waals surface area contributed by atoms with Crippen molar-refractivity contribution >= 4 is 34.6 Å². The van der Waals surface area contributed by atoms with Crippen LogP contribution >= 0.6 is 23.2 Å². The van der Waals surface area contributed by atoms with Gasteiger partial charge in [-0.3, -0.25) is 10.1 Å². The monoisotopic (exact) mass is 316 g/mol. The zero-order valence-corrected chi connectivity index (χ0v) is 13.5. The second-order valence-corrected chi connectivity index (χ2v) is 7.23. The number of hydrogen-bond donors (Lipinski definition) is 1. The van der Waals surface area contributed by atoms with Crippen molar-refractivity contribution in [2.45, 2.75) is 27.7 Å². The van der Waals surface area contributed by atoms with Crippen molar-refractivity contribution in [2.75, 3.05) is 11.9 Å². The zero-order chi connectivity index (χ0) is 15.3. The summed E-state index contributed by atoms with van der Waals surface area (Å²) < 4.78 is 0. The number of halogens is 2. The Morgan fingerprint density at radius 3 is 2.00 bits per heavy atom. The molecule has 0 bridgehead atoms. The van der Waals surface area contributed by atoms with Gasteiger partial charge in [0.05, 0.1) is 20.7 Å². The quantitative estimate of drug-likeness (QED) is 0.628. The van der Waals surface area contributed by atoms with Crippen LogP contribution in [0.2, 0.25) is 10.0 Å². The van der Waals surface area contributed by atoms with Gasteiger partial charge in [0.2, 0.25) is 0 Å². The molecule has 0 aromatic heterocycles. The summed E-state index contributed by atoms with van der Waals surface area (Å²) in [6, 6.07) is 2.64. The van der Waals surface area contributed by atoms with E-state index in [0.717, 1.165) is 6.54 Å². The summed E-state index contributed by atoms with van der Waals surface area (Å²) in [6.07, 6.45) is 0. The van der Waals surface area contributed by atoms with E-state index >= 15 is 0 Å². The molecule has 1 fully saturated rings. The van der Waals surface area contributed by atoms with Crippen molar-refractivity contribution < 1.29 is 4.92 Å². The number of rotatable bonds is 4. The molecule has 0 heterocycles. The number of nitrogens with zero attached hydrogens (tertiary/aromatic N) is 1. The summed E-state index contributed by atoms with van der Waals surface area (Å²) in [4.78, 5) is 10.2. The van der Waals surface area contributed by atoms with Crippen molar-refractivity contribution in [2.24, 2.45) is 16.7 Å². The molecule has 4 nitrogen and oxygen atoms in total. The van der Waals surface area contributed by atoms with Crippen LogP contribution in [0.4, 0.5) is 11.4 Å². The van der Waals surface area contributed by atoms with E-state index in [1.54, 1.807) is 0 Å². The van der Waals surface area contributed by atoms with Gasteiger partial charge in [-0.25, -0.2) is 0 Å². The number of anilines is 1. The van der Waals surface area contributed by atoms with Crippen molar-refractivity contribution in [1.82, 2.24) is 0 Å². The minimum Gasteiger partial charge on any atom is -0.382 e. The normalized spacial score (nSPS) is 19.7. The molecular formula is C14H18Cl2N2O2. The highest BCUT2D eigenvalue weighted by atomic mass is 35.5. The molecule has 1 aliphatic carbocycles. The third-order valence-electron chi connectivity index (χ3n) is 5.04. The SMILES string of the molecule is CC1(C)C(CNc2c(Cl)cc([N+](=O)[O-])cc2Cl)C1(C)C. The van der Waals surface area contributed by atoms with E-state index in [2.05, 4.69) is 33.0 Å². The maximum Gasteiger partial charge on any atom is 0.272 e. The van der Waals surface area contributed by atoms with E-state index in [1.807, 2.05) is 0 Å². The van der Waals surface area contributed by atoms with Gasteiger partial charge in [0.15, 0.2) is 0 Å². The molecule has 0 atom stereocenters. The lowest BCUT2D eigenvalue weighted by atomic mass is 10.0. The first-order valence-electron chi connectivity index (χ1n) is 6.46. The largest absolute Gasteiger partial charge is 0.382 e. The van der Waals surface area contributed by atoms with Gasteiger partial charge in [0, 0.05) is 18.7 Å². The fourth-order valence-electron chi connectivity index (χ4n) is 2.88. The molecule has 1 saturated carbocycles. The average Bonchev–Trinajstić information content (AvgIpc) is 2.69. The van der Waals surface area contributed by atoms with Gasteiger partial charge >= 0.3 is 0 Å². The molecule has 0 unspecified atom stereocenters. The van der Waals surface area contributed by atoms with Crippen LogP contribution in [0, 0.1) is 26.9 Å². The van der Waals surface area contributed by atoms with E-state index in [0.29, 0.717) is 11.6 Å². The Morgan fingerprint density at radius 2 is 1.65 bits per heavy atom. The Balaban J connectivity index is 2.14. The van der Waals surface area contributed by atoms with E-state index in [4.69, 9.17) is 23.2 Å². The molecule has 20 heavy (non-hydrogen) atoms. The third-order valence-corrected chi connectivity index (χ3v) is 5.64. The second-order valence-electron chi connectivity index (χ2n) is 6.42. The standard InChI is InChI=1S/C14H18Cl2N2O2/c1-13(2)11(14(13,3)4)7-17-12-9(15)5-8(18(19)20)6-10(12)16/h5-6,11,17H,7H2,1-4H3. The van der Waals surface area contributed by atoms with Gasteiger partial charge in [-0.1, -0.05) is 50.9 Å². The van der Waals surface area contributed by atoms with Crippen molar-refractivity contribution in [1.29, 1.82) is 0 Å². The maximum atomic E-state index is 10.7. The van der Waals surface area contributed by atoms with Crippen LogP contribution in [-0.2, 0) is 0 Å². The highest BCUT2D eigenvalue weighted by molar-refractivity contribution is 6.39. The van der Waals surface area contributed by atoms with Gasteiger partial charge in [-0.05, 0) is 16.7 Å². The molecule has 1 aliphatic rings. The lowest BCUT2D eigenvalue weighted by Crippen LogP contribution is -2.09. The van der Waals surface area contributed by atoms with Gasteiger partial charge in [0.1, 0.15) is 0 Å². The molecule has 1 aromatic carbocycles. The minimum absolute atomic E-state index is 0.0994. The predicted molar refractivity (Wildman–Crippen MR) is 82.7 cm³/mol. The molecule has 1 aromatic rings. The van der Waals surface area contributed by atoms with Crippen LogP contribution in [0.1, 0.15) is 27.7 Å². The maximum absolute atomic E-state index is 10.7. The van der Waals surface area contributed by atoms with E-state index in [9.17, 15) is 10.1 Å². The molecule has 0 aliphatic heterocycles. The van der Waals surface area contributed by atoms with Crippen LogP contribution in [0.3, 0.4) is 0 Å². The van der Waals surface area contributed by atoms with Crippen LogP contribution in [0.5, 0.6) is 0 Å². The number of non-ortho nitro benzene ring substituents is 1. The van der Waals surface area contributed by atoms with Crippen LogP contribution in [0.25, 0.3) is 0 Å². The molecule has 0 spiro atoms. The number of nitro groups is 1. The van der Waals surface area contributed by atoms with E-state index < -0.39 is 4.92 Å². The zero-order valence-electron chi connectivity index (χ0n) is 12.0. The minimum atomic E-state index is -0.505. The smallest absolute Gasteiger partial charge is 0.272 e. The fraction of sp³-hybridized carbons (Fsp3) is 0.571. The van der Waals surface area contributed by atoms with Gasteiger partial charge in [-0.15, -0.1) is 0 Å². The van der Waals surface area contributed by atoms with Gasteiger partial charge in [-0.2, -0.15) is 0 Å². The summed E-state index contributed by atoms with van der Waals surface area (Å²) in [5.41, 5.74) is 0.995. The summed E-state index contributed by atoms with van der Waals surface area (Å²) in [7, 11) is 0. The first-order chi connectivity index (χ1) is 9.09. The van der Waals surface area contributed by atoms with Crippen LogP contribution in [-0.4, -0.2) is 11.5 Å². The average molecular weight is 317 g/mol. The number of nitro benzene ring substituents is 1. The Bertz CT molecular complexity index is 533. The molecule has 0 radical (unpaired) electrons. The fourth-order valence-corrected chi connectivity index (χ4v) is 3.49. The lowest BCUT2D eigenvalue weighted by molar-refractivity contribution is -0.384. The van der Waals surface area contributed by atoms with Crippen LogP contribution in [0.15, 0.2) is 12.1 Å². The summed E-state index contributed by atoms with van der Waals surface area (Å²) >= 11 is 12.1. The molecular weight excluding hydrogens is 299 g/mol. The van der Waals surface area contributed by atoms with Crippen molar-refractivity contribution in [3.05, 3.63) is 32.3 Å². The third kappa shape index (κ3) is 2.35. The summed E-state index contributed by atoms with van der Waals surface area (Å²) in [5, 5.41) is 14.5. The van der Waals surface area contributed by atoms with Crippen molar-refractivity contribution in [3.8, 4) is 0 Å². The number of hydrogen-bond acceptors (Lipinski definition) is 3. The Kier molecular flexibility index (Phi) is 3.68. The highest BCUT2D eigenvalue weighted by Gasteiger charge is 2.64. The predicted octanol–water partition coefficient (Wildman–Crippen LogP) is 5.00. The Labute approximate surface area is 128 Å². The highest BCUT2D eigenvalue weighted by Crippen LogP contribution is 2.68. The first kappa shape index (κ1) is 15.4. The van der Waals surface area contributed by atoms with Crippen molar-refractivity contribution in [3.63, 3.8) is 0 Å². The number of benzene rings is 1. The first-order valence-corrected chi connectivity index (χ1v) is 7.22. The van der Waals surface area contributed by atoms with E-state index in [1.165, 1.54) is 12.1 Å². The molecule has 0 amide bonds. The molecule has 1 N–H and O–H groups in total. The Hall–Kier alpha value is -1.00. The molecule has 2 rings (SSSR count). The van der Waals surface area contributed by atoms with Crippen LogP contribution < -0.4 is 5.32 Å².